The summed E-state index contributed by atoms with van der Waals surface area (Å²) in [6.07, 6.45) is -0.0760. The van der Waals surface area contributed by atoms with Crippen molar-refractivity contribution in [2.24, 2.45) is 0 Å². The quantitative estimate of drug-likeness (QED) is 0.596. The van der Waals surface area contributed by atoms with Crippen LogP contribution in [0.1, 0.15) is 28.0 Å². The molecule has 0 unspecified atom stereocenters. The second-order valence-corrected chi connectivity index (χ2v) is 7.27. The maximum atomic E-state index is 12.3. The first-order chi connectivity index (χ1) is 13.4. The van der Waals surface area contributed by atoms with E-state index in [0.29, 0.717) is 31.8 Å². The van der Waals surface area contributed by atoms with Gasteiger partial charge < -0.3 is 14.8 Å². The first kappa shape index (κ1) is 20.0. The van der Waals surface area contributed by atoms with Crippen LogP contribution in [0.4, 0.5) is 11.5 Å². The van der Waals surface area contributed by atoms with E-state index in [4.69, 9.17) is 21.1 Å². The summed E-state index contributed by atoms with van der Waals surface area (Å²) in [4.78, 5) is 33.9. The minimum atomic E-state index is -0.448. The average molecular weight is 420 g/mol. The fraction of sp³-hybridized carbons (Fsp3) is 0.263. The predicted octanol–water partition coefficient (Wildman–Crippen LogP) is 4.29. The van der Waals surface area contributed by atoms with Gasteiger partial charge in [0.25, 0.3) is 0 Å². The lowest BCUT2D eigenvalue weighted by Gasteiger charge is -2.10. The Balaban J connectivity index is 2.12. The molecule has 28 heavy (non-hydrogen) atoms. The van der Waals surface area contributed by atoms with Crippen molar-refractivity contribution in [3.63, 3.8) is 0 Å². The van der Waals surface area contributed by atoms with Crippen LogP contribution in [0.25, 0.3) is 10.2 Å². The van der Waals surface area contributed by atoms with Gasteiger partial charge >= 0.3 is 11.9 Å². The highest BCUT2D eigenvalue weighted by Crippen LogP contribution is 2.35. The van der Waals surface area contributed by atoms with Crippen LogP contribution in [0.3, 0.4) is 0 Å². The Morgan fingerprint density at radius 3 is 2.57 bits per heavy atom. The van der Waals surface area contributed by atoms with Gasteiger partial charge in [-0.3, -0.25) is 4.79 Å². The summed E-state index contributed by atoms with van der Waals surface area (Å²) >= 11 is 7.16. The van der Waals surface area contributed by atoms with Crippen molar-refractivity contribution in [1.29, 1.82) is 0 Å². The number of anilines is 2. The van der Waals surface area contributed by atoms with E-state index in [1.807, 2.05) is 19.1 Å². The molecule has 2 aromatic heterocycles. The third-order valence-corrected chi connectivity index (χ3v) is 5.35. The molecule has 0 fully saturated rings. The lowest BCUT2D eigenvalue weighted by Crippen LogP contribution is -2.09. The lowest BCUT2D eigenvalue weighted by atomic mass is 10.2. The van der Waals surface area contributed by atoms with Crippen LogP contribution in [0.2, 0.25) is 5.02 Å². The summed E-state index contributed by atoms with van der Waals surface area (Å²) in [7, 11) is 1.31. The fourth-order valence-electron chi connectivity index (χ4n) is 2.62. The summed E-state index contributed by atoms with van der Waals surface area (Å²) in [5.41, 5.74) is 1.48. The Bertz CT molecular complexity index is 1030. The van der Waals surface area contributed by atoms with E-state index in [-0.39, 0.29) is 13.0 Å². The number of hydrogen-bond acceptors (Lipinski definition) is 8. The maximum absolute atomic E-state index is 12.3. The molecule has 1 N–H and O–H groups in total. The van der Waals surface area contributed by atoms with Crippen molar-refractivity contribution in [2.45, 2.75) is 20.3 Å². The van der Waals surface area contributed by atoms with Crippen molar-refractivity contribution in [2.75, 3.05) is 19.0 Å². The zero-order valence-electron chi connectivity index (χ0n) is 15.5. The highest BCUT2D eigenvalue weighted by molar-refractivity contribution is 7.20. The van der Waals surface area contributed by atoms with E-state index in [0.717, 1.165) is 11.3 Å². The second-order valence-electron chi connectivity index (χ2n) is 5.83. The van der Waals surface area contributed by atoms with Gasteiger partial charge in [0.15, 0.2) is 0 Å². The Morgan fingerprint density at radius 2 is 1.93 bits per heavy atom. The number of aromatic nitrogens is 2. The second kappa shape index (κ2) is 8.53. The van der Waals surface area contributed by atoms with E-state index >= 15 is 0 Å². The number of nitrogens with zero attached hydrogens (tertiary/aromatic N) is 2. The number of ether oxygens (including phenoxy) is 2. The third-order valence-electron chi connectivity index (χ3n) is 3.93. The number of aryl methyl sites for hydroxylation is 1. The number of carbonyl (C=O) groups is 2. The SMILES string of the molecule is CCOC(=O)c1sc2nc(CC(=O)OC)nc(Nc3ccc(Cl)cc3)c2c1C. The smallest absolute Gasteiger partial charge is 0.348 e. The van der Waals surface area contributed by atoms with Crippen LogP contribution in [0.5, 0.6) is 0 Å². The molecule has 3 aromatic rings. The van der Waals surface area contributed by atoms with E-state index < -0.39 is 11.9 Å². The number of esters is 2. The molecule has 0 aliphatic heterocycles. The maximum Gasteiger partial charge on any atom is 0.348 e. The standard InChI is InChI=1S/C19H18ClN3O4S/c1-4-27-19(25)16-10(2)15-17(21-12-7-5-11(20)6-8-12)22-13(9-14(24)26-3)23-18(15)28-16/h5-8H,4,9H2,1-3H3,(H,21,22,23). The molecule has 0 aliphatic carbocycles. The number of fused-ring (bicyclic) bond motifs is 1. The van der Waals surface area contributed by atoms with Gasteiger partial charge in [-0.05, 0) is 43.7 Å². The number of hydrogen-bond donors (Lipinski definition) is 1. The van der Waals surface area contributed by atoms with Crippen molar-refractivity contribution in [3.8, 4) is 0 Å². The van der Waals surface area contributed by atoms with Crippen molar-refractivity contribution in [3.05, 3.63) is 45.6 Å². The minimum absolute atomic E-state index is 0.0760. The van der Waals surface area contributed by atoms with Gasteiger partial charge in [-0.1, -0.05) is 11.6 Å². The van der Waals surface area contributed by atoms with Crippen LogP contribution in [-0.4, -0.2) is 35.6 Å². The molecule has 146 valence electrons. The normalized spacial score (nSPS) is 10.7. The molecule has 0 bridgehead atoms. The summed E-state index contributed by atoms with van der Waals surface area (Å²) in [5, 5.41) is 4.54. The van der Waals surface area contributed by atoms with Gasteiger partial charge in [-0.2, -0.15) is 0 Å². The monoisotopic (exact) mass is 419 g/mol. The Morgan fingerprint density at radius 1 is 1.21 bits per heavy atom. The van der Waals surface area contributed by atoms with Crippen LogP contribution < -0.4 is 5.32 Å². The predicted molar refractivity (Wildman–Crippen MR) is 109 cm³/mol. The highest BCUT2D eigenvalue weighted by atomic mass is 35.5. The molecule has 0 amide bonds. The van der Waals surface area contributed by atoms with Crippen LogP contribution in [0, 0.1) is 6.92 Å². The molecular formula is C19H18ClN3O4S. The molecule has 3 rings (SSSR count). The van der Waals surface area contributed by atoms with Gasteiger partial charge in [0.05, 0.1) is 19.1 Å². The number of halogens is 1. The van der Waals surface area contributed by atoms with Crippen molar-refractivity contribution >= 4 is 56.6 Å². The Hall–Kier alpha value is -2.71. The molecule has 0 radical (unpaired) electrons. The summed E-state index contributed by atoms with van der Waals surface area (Å²) in [6, 6.07) is 7.12. The van der Waals surface area contributed by atoms with Crippen LogP contribution in [0.15, 0.2) is 24.3 Å². The van der Waals surface area contributed by atoms with E-state index in [2.05, 4.69) is 15.3 Å². The third kappa shape index (κ3) is 4.23. The summed E-state index contributed by atoms with van der Waals surface area (Å²) < 4.78 is 9.85. The molecule has 0 aliphatic rings. The van der Waals surface area contributed by atoms with Crippen LogP contribution in [-0.2, 0) is 20.7 Å². The molecule has 2 heterocycles. The Kier molecular flexibility index (Phi) is 6.11. The van der Waals surface area contributed by atoms with Gasteiger partial charge in [0.2, 0.25) is 0 Å². The lowest BCUT2D eigenvalue weighted by molar-refractivity contribution is -0.139. The van der Waals surface area contributed by atoms with E-state index in [1.165, 1.54) is 18.4 Å². The number of benzene rings is 1. The molecule has 9 heteroatoms. The van der Waals surface area contributed by atoms with E-state index in [9.17, 15) is 9.59 Å². The molecule has 0 saturated heterocycles. The minimum Gasteiger partial charge on any atom is -0.469 e. The molecule has 7 nitrogen and oxygen atoms in total. The summed E-state index contributed by atoms with van der Waals surface area (Å²) in [6.45, 7) is 3.85. The first-order valence-corrected chi connectivity index (χ1v) is 9.69. The number of nitrogens with one attached hydrogen (secondary N) is 1. The largest absolute Gasteiger partial charge is 0.469 e. The molecule has 0 atom stereocenters. The Labute approximate surface area is 170 Å². The molecule has 0 saturated carbocycles. The van der Waals surface area contributed by atoms with Crippen LogP contribution >= 0.6 is 22.9 Å². The topological polar surface area (TPSA) is 90.4 Å². The van der Waals surface area contributed by atoms with Gasteiger partial charge in [-0.25, -0.2) is 14.8 Å². The van der Waals surface area contributed by atoms with Gasteiger partial charge in [-0.15, -0.1) is 11.3 Å². The van der Waals surface area contributed by atoms with Crippen molar-refractivity contribution < 1.29 is 19.1 Å². The number of thiophene rings is 1. The van der Waals surface area contributed by atoms with Crippen molar-refractivity contribution in [1.82, 2.24) is 9.97 Å². The van der Waals surface area contributed by atoms with Gasteiger partial charge in [0, 0.05) is 10.7 Å². The molecule has 0 spiro atoms. The number of rotatable bonds is 6. The van der Waals surface area contributed by atoms with E-state index in [1.54, 1.807) is 19.1 Å². The number of carbonyl (C=O) groups excluding carboxylic acids is 2. The highest BCUT2D eigenvalue weighted by Gasteiger charge is 2.22. The first-order valence-electron chi connectivity index (χ1n) is 8.49. The molecule has 1 aromatic carbocycles. The number of methoxy groups -OCH3 is 1. The van der Waals surface area contributed by atoms with Gasteiger partial charge in [0.1, 0.15) is 27.8 Å². The average Bonchev–Trinajstić information content (AvgIpc) is 3.00. The fourth-order valence-corrected chi connectivity index (χ4v) is 3.83. The molecular weight excluding hydrogens is 402 g/mol. The zero-order valence-corrected chi connectivity index (χ0v) is 17.1. The zero-order chi connectivity index (χ0) is 20.3. The summed E-state index contributed by atoms with van der Waals surface area (Å²) in [5.74, 6) is -0.0614.